The lowest BCUT2D eigenvalue weighted by Gasteiger charge is -2.28. The van der Waals surface area contributed by atoms with E-state index in [2.05, 4.69) is 145 Å². The molecule has 0 amide bonds. The fraction of sp³-hybridized carbons (Fsp3) is 0.227. The average Bonchev–Trinajstić information content (AvgIpc) is 3.55. The number of nitrogens with zero attached hydrogens (tertiary/aromatic N) is 3. The van der Waals surface area contributed by atoms with Gasteiger partial charge < -0.3 is 5.11 Å². The minimum atomic E-state index is -0.234. The van der Waals surface area contributed by atoms with Gasteiger partial charge in [0.15, 0.2) is 0 Å². The van der Waals surface area contributed by atoms with Crippen LogP contribution in [-0.2, 0) is 10.8 Å². The molecule has 4 heteroatoms. The summed E-state index contributed by atoms with van der Waals surface area (Å²) in [6, 6.07) is 32.5. The van der Waals surface area contributed by atoms with Crippen molar-refractivity contribution < 1.29 is 5.11 Å². The molecule has 0 unspecified atom stereocenters. The fourth-order valence-electron chi connectivity index (χ4n) is 7.51. The van der Waals surface area contributed by atoms with Crippen LogP contribution in [0.2, 0.25) is 0 Å². The Kier molecular flexibility index (Phi) is 6.52. The number of phenols is 1. The van der Waals surface area contributed by atoms with E-state index in [0.29, 0.717) is 5.75 Å². The minimum Gasteiger partial charge on any atom is -0.507 e. The van der Waals surface area contributed by atoms with E-state index in [-0.39, 0.29) is 10.8 Å². The quantitative estimate of drug-likeness (QED) is 0.212. The van der Waals surface area contributed by atoms with Gasteiger partial charge in [-0.15, -0.1) is 0 Å². The fourth-order valence-corrected chi connectivity index (χ4v) is 7.51. The second-order valence-electron chi connectivity index (χ2n) is 15.5. The smallest absolute Gasteiger partial charge is 0.147 e. The molecule has 48 heavy (non-hydrogen) atoms. The molecule has 0 radical (unpaired) electrons. The van der Waals surface area contributed by atoms with Crippen LogP contribution in [0.3, 0.4) is 0 Å². The Morgan fingerprint density at radius 2 is 1.23 bits per heavy atom. The van der Waals surface area contributed by atoms with Crippen LogP contribution in [0.15, 0.2) is 97.2 Å². The molecule has 0 atom stereocenters. The Morgan fingerprint density at radius 1 is 0.604 bits per heavy atom. The molecule has 0 aliphatic carbocycles. The number of para-hydroxylation sites is 1. The second kappa shape index (κ2) is 10.4. The molecule has 0 saturated carbocycles. The van der Waals surface area contributed by atoms with Gasteiger partial charge in [-0.3, -0.25) is 4.40 Å². The van der Waals surface area contributed by atoms with Gasteiger partial charge in [-0.25, -0.2) is 9.97 Å². The standard InChI is InChI=1S/C44H41N3O/c1-25-12-9-13-26(2)38(25)29-21-27(35-23-30(43(3,4)5)24-36(40(35)48)44(6,7)8)20-28(22-29)37-18-17-34-32-15-10-14-31-33-16-11-19-45-41(33)47(39(31)32)42(34)46-37/h9-24,48H,1-8H3. The summed E-state index contributed by atoms with van der Waals surface area (Å²) in [6.07, 6.45) is 1.86. The molecule has 0 saturated heterocycles. The average molecular weight is 628 g/mol. The Labute approximate surface area is 282 Å². The molecule has 238 valence electrons. The maximum absolute atomic E-state index is 12.0. The van der Waals surface area contributed by atoms with Gasteiger partial charge in [-0.2, -0.15) is 0 Å². The number of rotatable bonds is 3. The van der Waals surface area contributed by atoms with E-state index >= 15 is 0 Å². The molecular formula is C44H41N3O. The third-order valence-electron chi connectivity index (χ3n) is 10.0. The maximum Gasteiger partial charge on any atom is 0.147 e. The van der Waals surface area contributed by atoms with Gasteiger partial charge in [0.2, 0.25) is 0 Å². The molecule has 4 aromatic heterocycles. The largest absolute Gasteiger partial charge is 0.507 e. The van der Waals surface area contributed by atoms with E-state index in [1.54, 1.807) is 0 Å². The Balaban J connectivity index is 1.44. The molecule has 4 aromatic carbocycles. The molecular weight excluding hydrogens is 587 g/mol. The lowest BCUT2D eigenvalue weighted by atomic mass is 9.78. The highest BCUT2D eigenvalue weighted by Gasteiger charge is 2.26. The zero-order chi connectivity index (χ0) is 33.7. The SMILES string of the molecule is Cc1cccc(C)c1-c1cc(-c2ccc3c4cccc5c6cccnc6n(c3n2)c54)cc(-c2cc(C(C)(C)C)cc(C(C)(C)C)c2O)c1. The zero-order valence-corrected chi connectivity index (χ0v) is 29.0. The predicted molar refractivity (Wildman–Crippen MR) is 202 cm³/mol. The van der Waals surface area contributed by atoms with Crippen LogP contribution in [-0.4, -0.2) is 19.5 Å². The number of pyridine rings is 2. The van der Waals surface area contributed by atoms with Gasteiger partial charge in [0.05, 0.1) is 11.2 Å². The zero-order valence-electron chi connectivity index (χ0n) is 29.0. The van der Waals surface area contributed by atoms with Crippen molar-refractivity contribution in [3.8, 4) is 39.3 Å². The van der Waals surface area contributed by atoms with Gasteiger partial charge >= 0.3 is 0 Å². The molecule has 4 nitrogen and oxygen atoms in total. The van der Waals surface area contributed by atoms with Crippen LogP contribution in [0.4, 0.5) is 0 Å². The van der Waals surface area contributed by atoms with E-state index < -0.39 is 0 Å². The number of hydrogen-bond donors (Lipinski definition) is 1. The van der Waals surface area contributed by atoms with Gasteiger partial charge in [-0.05, 0) is 107 Å². The summed E-state index contributed by atoms with van der Waals surface area (Å²) >= 11 is 0. The number of aromatic hydroxyl groups is 1. The summed E-state index contributed by atoms with van der Waals surface area (Å²) in [5.74, 6) is 0.338. The Hall–Kier alpha value is -5.22. The number of phenolic OH excluding ortho intramolecular Hbond substituents is 1. The molecule has 0 aliphatic heterocycles. The monoisotopic (exact) mass is 627 g/mol. The molecule has 0 fully saturated rings. The summed E-state index contributed by atoms with van der Waals surface area (Å²) in [6.45, 7) is 17.5. The van der Waals surface area contributed by atoms with Crippen molar-refractivity contribution in [1.29, 1.82) is 0 Å². The third-order valence-corrected chi connectivity index (χ3v) is 10.0. The van der Waals surface area contributed by atoms with Gasteiger partial charge in [0.25, 0.3) is 0 Å². The predicted octanol–water partition coefficient (Wildman–Crippen LogP) is 11.5. The number of aromatic nitrogens is 3. The second-order valence-corrected chi connectivity index (χ2v) is 15.5. The van der Waals surface area contributed by atoms with E-state index in [1.807, 2.05) is 12.3 Å². The summed E-state index contributed by atoms with van der Waals surface area (Å²) in [5, 5.41) is 16.6. The summed E-state index contributed by atoms with van der Waals surface area (Å²) < 4.78 is 2.23. The lowest BCUT2D eigenvalue weighted by Crippen LogP contribution is -2.17. The van der Waals surface area contributed by atoms with Crippen LogP contribution in [0, 0.1) is 13.8 Å². The van der Waals surface area contributed by atoms with Crippen molar-refractivity contribution >= 4 is 38.4 Å². The van der Waals surface area contributed by atoms with Crippen molar-refractivity contribution in [3.63, 3.8) is 0 Å². The van der Waals surface area contributed by atoms with E-state index in [1.165, 1.54) is 33.0 Å². The number of hydrogen-bond acceptors (Lipinski definition) is 3. The van der Waals surface area contributed by atoms with Crippen molar-refractivity contribution in [2.24, 2.45) is 0 Å². The highest BCUT2D eigenvalue weighted by Crippen LogP contribution is 2.45. The normalized spacial score (nSPS) is 12.7. The van der Waals surface area contributed by atoms with E-state index in [4.69, 9.17) is 9.97 Å². The molecule has 1 N–H and O–H groups in total. The van der Waals surface area contributed by atoms with Crippen molar-refractivity contribution in [1.82, 2.24) is 14.4 Å². The van der Waals surface area contributed by atoms with Gasteiger partial charge in [0.1, 0.15) is 17.0 Å². The molecule has 0 spiro atoms. The molecule has 4 heterocycles. The first-order chi connectivity index (χ1) is 22.8. The van der Waals surface area contributed by atoms with Crippen LogP contribution >= 0.6 is 0 Å². The molecule has 8 rings (SSSR count). The number of aryl methyl sites for hydroxylation is 2. The van der Waals surface area contributed by atoms with Crippen molar-refractivity contribution in [3.05, 3.63) is 119 Å². The summed E-state index contributed by atoms with van der Waals surface area (Å²) in [4.78, 5) is 10.2. The molecule has 0 aliphatic rings. The van der Waals surface area contributed by atoms with Crippen molar-refractivity contribution in [2.75, 3.05) is 0 Å². The Bertz CT molecular complexity index is 2540. The van der Waals surface area contributed by atoms with Crippen LogP contribution in [0.25, 0.3) is 71.9 Å². The van der Waals surface area contributed by atoms with Crippen LogP contribution < -0.4 is 0 Å². The first-order valence-electron chi connectivity index (χ1n) is 16.8. The lowest BCUT2D eigenvalue weighted by molar-refractivity contribution is 0.446. The van der Waals surface area contributed by atoms with E-state index in [0.717, 1.165) is 61.1 Å². The summed E-state index contributed by atoms with van der Waals surface area (Å²) in [7, 11) is 0. The molecule has 8 aromatic rings. The topological polar surface area (TPSA) is 50.4 Å². The highest BCUT2D eigenvalue weighted by molar-refractivity contribution is 6.22. The van der Waals surface area contributed by atoms with Crippen molar-refractivity contribution in [2.45, 2.75) is 66.2 Å². The van der Waals surface area contributed by atoms with Gasteiger partial charge in [0, 0.05) is 44.4 Å². The third kappa shape index (κ3) is 4.57. The van der Waals surface area contributed by atoms with Gasteiger partial charge in [-0.1, -0.05) is 84.0 Å². The Morgan fingerprint density at radius 3 is 1.92 bits per heavy atom. The molecule has 0 bridgehead atoms. The highest BCUT2D eigenvalue weighted by atomic mass is 16.3. The number of benzene rings is 4. The first-order valence-corrected chi connectivity index (χ1v) is 16.8. The summed E-state index contributed by atoms with van der Waals surface area (Å²) in [5.41, 5.74) is 13.3. The minimum absolute atomic E-state index is 0.0923. The first kappa shape index (κ1) is 30.1. The maximum atomic E-state index is 12.0. The van der Waals surface area contributed by atoms with Crippen LogP contribution in [0.1, 0.15) is 63.8 Å². The van der Waals surface area contributed by atoms with E-state index in [9.17, 15) is 5.11 Å². The van der Waals surface area contributed by atoms with Crippen LogP contribution in [0.5, 0.6) is 5.75 Å². The number of fused-ring (bicyclic) bond motifs is 6.